The summed E-state index contributed by atoms with van der Waals surface area (Å²) in [7, 11) is 0. The molecule has 0 spiro atoms. The average molecular weight is 363 g/mol. The van der Waals surface area contributed by atoms with E-state index in [-0.39, 0.29) is 18.2 Å². The zero-order chi connectivity index (χ0) is 18.6. The summed E-state index contributed by atoms with van der Waals surface area (Å²) in [6, 6.07) is 12.3. The van der Waals surface area contributed by atoms with Crippen molar-refractivity contribution in [3.05, 3.63) is 59.3 Å². The van der Waals surface area contributed by atoms with Gasteiger partial charge in [-0.3, -0.25) is 9.59 Å². The molecule has 27 heavy (non-hydrogen) atoms. The maximum Gasteiger partial charge on any atom is 0.267 e. The number of hydrazone groups is 1. The fourth-order valence-electron chi connectivity index (χ4n) is 3.44. The number of aromatic nitrogens is 1. The molecule has 0 unspecified atom stereocenters. The van der Waals surface area contributed by atoms with Gasteiger partial charge in [0, 0.05) is 44.2 Å². The molecule has 7 heteroatoms. The molecular formula is C20H21N5O2. The number of rotatable bonds is 4. The van der Waals surface area contributed by atoms with E-state index in [1.165, 1.54) is 11.1 Å². The molecule has 1 aromatic carbocycles. The number of hydrogen-bond acceptors (Lipinski definition) is 5. The van der Waals surface area contributed by atoms with Crippen LogP contribution < -0.4 is 15.6 Å². The highest BCUT2D eigenvalue weighted by molar-refractivity contribution is 6.39. The summed E-state index contributed by atoms with van der Waals surface area (Å²) in [5, 5.41) is 6.73. The Bertz CT molecular complexity index is 909. The monoisotopic (exact) mass is 363 g/mol. The number of pyridine rings is 1. The highest BCUT2D eigenvalue weighted by atomic mass is 16.2. The molecule has 4 rings (SSSR count). The fourth-order valence-corrected chi connectivity index (χ4v) is 3.44. The van der Waals surface area contributed by atoms with Gasteiger partial charge in [-0.05, 0) is 23.6 Å². The average Bonchev–Trinajstić information content (AvgIpc) is 2.72. The Morgan fingerprint density at radius 2 is 1.96 bits per heavy atom. The van der Waals surface area contributed by atoms with Crippen LogP contribution in [0.4, 0.5) is 5.82 Å². The highest BCUT2D eigenvalue weighted by Crippen LogP contribution is 2.25. The minimum Gasteiger partial charge on any atom is -0.352 e. The number of fused-ring (bicyclic) bond motifs is 1. The van der Waals surface area contributed by atoms with Gasteiger partial charge in [-0.2, -0.15) is 5.10 Å². The summed E-state index contributed by atoms with van der Waals surface area (Å²) >= 11 is 0. The van der Waals surface area contributed by atoms with Gasteiger partial charge in [0.1, 0.15) is 11.5 Å². The van der Waals surface area contributed by atoms with Gasteiger partial charge in [0.25, 0.3) is 5.91 Å². The van der Waals surface area contributed by atoms with Crippen LogP contribution in [0.1, 0.15) is 29.5 Å². The zero-order valence-electron chi connectivity index (χ0n) is 14.9. The van der Waals surface area contributed by atoms with Crippen molar-refractivity contribution in [1.82, 2.24) is 15.7 Å². The SMILES string of the molecule is O=C1CCC(C(=O)NCc2cccnc2N2CCc3ccccc3C2)=NN1. The van der Waals surface area contributed by atoms with Gasteiger partial charge in [0.2, 0.25) is 5.91 Å². The number of hydrogen-bond donors (Lipinski definition) is 2. The first-order valence-electron chi connectivity index (χ1n) is 9.10. The van der Waals surface area contributed by atoms with Crippen LogP contribution >= 0.6 is 0 Å². The lowest BCUT2D eigenvalue weighted by Crippen LogP contribution is -2.37. The molecule has 2 aliphatic heterocycles. The maximum absolute atomic E-state index is 12.3. The molecule has 3 heterocycles. The quantitative estimate of drug-likeness (QED) is 0.862. The van der Waals surface area contributed by atoms with E-state index in [2.05, 4.69) is 50.0 Å². The van der Waals surface area contributed by atoms with Gasteiger partial charge in [-0.1, -0.05) is 30.3 Å². The van der Waals surface area contributed by atoms with Gasteiger partial charge < -0.3 is 10.2 Å². The molecular weight excluding hydrogens is 342 g/mol. The van der Waals surface area contributed by atoms with Crippen molar-refractivity contribution in [2.75, 3.05) is 11.4 Å². The van der Waals surface area contributed by atoms with Crippen molar-refractivity contribution in [2.45, 2.75) is 32.4 Å². The fraction of sp³-hybridized carbons (Fsp3) is 0.300. The Kier molecular flexibility index (Phi) is 4.82. The van der Waals surface area contributed by atoms with E-state index in [1.54, 1.807) is 6.20 Å². The van der Waals surface area contributed by atoms with Gasteiger partial charge in [-0.15, -0.1) is 0 Å². The summed E-state index contributed by atoms with van der Waals surface area (Å²) in [4.78, 5) is 30.3. The van der Waals surface area contributed by atoms with E-state index in [0.29, 0.717) is 18.7 Å². The van der Waals surface area contributed by atoms with Gasteiger partial charge in [0.15, 0.2) is 0 Å². The topological polar surface area (TPSA) is 86.7 Å². The summed E-state index contributed by atoms with van der Waals surface area (Å²) < 4.78 is 0. The number of nitrogens with one attached hydrogen (secondary N) is 2. The van der Waals surface area contributed by atoms with Gasteiger partial charge in [-0.25, -0.2) is 10.4 Å². The third-order valence-electron chi connectivity index (χ3n) is 4.90. The number of carbonyl (C=O) groups excluding carboxylic acids is 2. The molecule has 1 aromatic heterocycles. The first-order chi connectivity index (χ1) is 13.2. The Morgan fingerprint density at radius 1 is 1.11 bits per heavy atom. The number of carbonyl (C=O) groups is 2. The molecule has 0 fully saturated rings. The maximum atomic E-state index is 12.3. The second-order valence-corrected chi connectivity index (χ2v) is 6.70. The molecule has 2 aromatic rings. The van der Waals surface area contributed by atoms with Crippen molar-refractivity contribution in [1.29, 1.82) is 0 Å². The van der Waals surface area contributed by atoms with Crippen LogP contribution in [0.15, 0.2) is 47.7 Å². The van der Waals surface area contributed by atoms with E-state index in [0.717, 1.165) is 30.9 Å². The summed E-state index contributed by atoms with van der Waals surface area (Å²) in [6.07, 6.45) is 3.41. The lowest BCUT2D eigenvalue weighted by atomic mass is 9.99. The molecule has 0 bridgehead atoms. The first kappa shape index (κ1) is 17.2. The van der Waals surface area contributed by atoms with Crippen LogP contribution in [0.3, 0.4) is 0 Å². The van der Waals surface area contributed by atoms with Crippen LogP contribution in [0, 0.1) is 0 Å². The molecule has 0 aliphatic carbocycles. The predicted molar refractivity (Wildman–Crippen MR) is 102 cm³/mol. The van der Waals surface area contributed by atoms with Crippen LogP contribution in [-0.4, -0.2) is 29.1 Å². The van der Waals surface area contributed by atoms with Crippen molar-refractivity contribution >= 4 is 23.3 Å². The Morgan fingerprint density at radius 3 is 2.78 bits per heavy atom. The minimum atomic E-state index is -0.256. The zero-order valence-corrected chi connectivity index (χ0v) is 14.9. The number of benzene rings is 1. The highest BCUT2D eigenvalue weighted by Gasteiger charge is 2.21. The van der Waals surface area contributed by atoms with Crippen molar-refractivity contribution in [3.63, 3.8) is 0 Å². The third-order valence-corrected chi connectivity index (χ3v) is 4.90. The largest absolute Gasteiger partial charge is 0.352 e. The van der Waals surface area contributed by atoms with Crippen molar-refractivity contribution in [2.24, 2.45) is 5.10 Å². The van der Waals surface area contributed by atoms with Crippen LogP contribution in [0.25, 0.3) is 0 Å². The predicted octanol–water partition coefficient (Wildman–Crippen LogP) is 1.53. The third kappa shape index (κ3) is 3.81. The summed E-state index contributed by atoms with van der Waals surface area (Å²) in [6.45, 7) is 2.08. The smallest absolute Gasteiger partial charge is 0.267 e. The molecule has 0 saturated carbocycles. The van der Waals surface area contributed by atoms with Gasteiger partial charge in [0.05, 0.1) is 0 Å². The van der Waals surface area contributed by atoms with Crippen molar-refractivity contribution in [3.8, 4) is 0 Å². The first-order valence-corrected chi connectivity index (χ1v) is 9.10. The number of amides is 2. The molecule has 138 valence electrons. The molecule has 0 radical (unpaired) electrons. The summed E-state index contributed by atoms with van der Waals surface area (Å²) in [5.41, 5.74) is 6.37. The number of nitrogens with zero attached hydrogens (tertiary/aromatic N) is 3. The van der Waals surface area contributed by atoms with E-state index in [9.17, 15) is 9.59 Å². The van der Waals surface area contributed by atoms with Crippen LogP contribution in [0.2, 0.25) is 0 Å². The normalized spacial score (nSPS) is 16.2. The van der Waals surface area contributed by atoms with Crippen LogP contribution in [0.5, 0.6) is 0 Å². The molecule has 0 atom stereocenters. The molecule has 2 N–H and O–H groups in total. The Labute approximate surface area is 157 Å². The second-order valence-electron chi connectivity index (χ2n) is 6.70. The standard InChI is InChI=1S/C20H21N5O2/c26-18-8-7-17(23-24-18)20(27)22-12-15-6-3-10-21-19(15)25-11-9-14-4-1-2-5-16(14)13-25/h1-6,10H,7-9,11-13H2,(H,22,27)(H,24,26). The Hall–Kier alpha value is -3.22. The van der Waals surface area contributed by atoms with E-state index in [4.69, 9.17) is 0 Å². The molecule has 7 nitrogen and oxygen atoms in total. The Balaban J connectivity index is 1.46. The lowest BCUT2D eigenvalue weighted by molar-refractivity contribution is -0.121. The molecule has 0 saturated heterocycles. The number of anilines is 1. The summed E-state index contributed by atoms with van der Waals surface area (Å²) in [5.74, 6) is 0.478. The van der Waals surface area contributed by atoms with Crippen molar-refractivity contribution < 1.29 is 9.59 Å². The lowest BCUT2D eigenvalue weighted by Gasteiger charge is -2.31. The second kappa shape index (κ2) is 7.57. The van der Waals surface area contributed by atoms with E-state index >= 15 is 0 Å². The van der Waals surface area contributed by atoms with E-state index in [1.807, 2.05) is 12.1 Å². The van der Waals surface area contributed by atoms with E-state index < -0.39 is 0 Å². The van der Waals surface area contributed by atoms with Crippen LogP contribution in [-0.2, 0) is 29.1 Å². The van der Waals surface area contributed by atoms with Gasteiger partial charge >= 0.3 is 0 Å². The molecule has 2 amide bonds. The molecule has 2 aliphatic rings. The minimum absolute atomic E-state index is 0.161.